The fourth-order valence-corrected chi connectivity index (χ4v) is 1.86. The molecule has 0 spiro atoms. The summed E-state index contributed by atoms with van der Waals surface area (Å²) in [5, 5.41) is 3.19. The van der Waals surface area contributed by atoms with E-state index in [1.165, 1.54) is 5.56 Å². The van der Waals surface area contributed by atoms with Gasteiger partial charge in [0.05, 0.1) is 6.61 Å². The summed E-state index contributed by atoms with van der Waals surface area (Å²) in [6, 6.07) is 8.44. The number of benzene rings is 1. The largest absolute Gasteiger partial charge is 0.493 e. The molecule has 2 heteroatoms. The molecular formula is C16H27NO. The molecule has 0 atom stereocenters. The monoisotopic (exact) mass is 249 g/mol. The minimum absolute atomic E-state index is 0.150. The second-order valence-electron chi connectivity index (χ2n) is 6.76. The van der Waals surface area contributed by atoms with E-state index < -0.39 is 0 Å². The summed E-state index contributed by atoms with van der Waals surface area (Å²) in [4.78, 5) is 0. The van der Waals surface area contributed by atoms with Crippen LogP contribution in [0.1, 0.15) is 40.2 Å². The van der Waals surface area contributed by atoms with E-state index in [2.05, 4.69) is 64.2 Å². The van der Waals surface area contributed by atoms with Crippen molar-refractivity contribution in [1.82, 2.24) is 5.32 Å². The summed E-state index contributed by atoms with van der Waals surface area (Å²) >= 11 is 0. The molecule has 0 bridgehead atoms. The molecule has 1 N–H and O–H groups in total. The van der Waals surface area contributed by atoms with Gasteiger partial charge < -0.3 is 10.1 Å². The van der Waals surface area contributed by atoms with Crippen LogP contribution in [0, 0.1) is 5.41 Å². The Labute approximate surface area is 112 Å². The van der Waals surface area contributed by atoms with Crippen molar-refractivity contribution < 1.29 is 4.74 Å². The van der Waals surface area contributed by atoms with Crippen LogP contribution in [0.4, 0.5) is 0 Å². The summed E-state index contributed by atoms with van der Waals surface area (Å²) in [5.74, 6) is 0.951. The first-order chi connectivity index (χ1) is 8.24. The lowest BCUT2D eigenvalue weighted by Gasteiger charge is -2.24. The van der Waals surface area contributed by atoms with Crippen molar-refractivity contribution in [3.8, 4) is 5.75 Å². The van der Waals surface area contributed by atoms with Crippen LogP contribution in [0.15, 0.2) is 24.3 Å². The zero-order chi connectivity index (χ0) is 13.8. The second-order valence-corrected chi connectivity index (χ2v) is 6.76. The van der Waals surface area contributed by atoms with Gasteiger partial charge in [-0.1, -0.05) is 46.8 Å². The molecular weight excluding hydrogens is 222 g/mol. The van der Waals surface area contributed by atoms with Gasteiger partial charge in [-0.25, -0.2) is 0 Å². The molecule has 0 aliphatic rings. The van der Waals surface area contributed by atoms with Crippen molar-refractivity contribution >= 4 is 0 Å². The van der Waals surface area contributed by atoms with Gasteiger partial charge in [0, 0.05) is 12.0 Å². The molecule has 0 aliphatic carbocycles. The number of hydrogen-bond acceptors (Lipinski definition) is 2. The molecule has 1 aromatic rings. The fourth-order valence-electron chi connectivity index (χ4n) is 1.86. The van der Waals surface area contributed by atoms with Crippen LogP contribution in [-0.4, -0.2) is 20.2 Å². The van der Waals surface area contributed by atoms with Crippen LogP contribution in [0.2, 0.25) is 0 Å². The highest BCUT2D eigenvalue weighted by Crippen LogP contribution is 2.25. The Balaban J connectivity index is 2.60. The maximum atomic E-state index is 5.85. The molecule has 0 aromatic heterocycles. The molecule has 0 fully saturated rings. The van der Waals surface area contributed by atoms with E-state index in [1.54, 1.807) is 0 Å². The van der Waals surface area contributed by atoms with Crippen LogP contribution in [0.25, 0.3) is 0 Å². The van der Waals surface area contributed by atoms with E-state index >= 15 is 0 Å². The molecule has 0 unspecified atom stereocenters. The van der Waals surface area contributed by atoms with Crippen molar-refractivity contribution in [1.29, 1.82) is 0 Å². The lowest BCUT2D eigenvalue weighted by Crippen LogP contribution is -2.32. The minimum Gasteiger partial charge on any atom is -0.493 e. The van der Waals surface area contributed by atoms with Crippen molar-refractivity contribution in [2.75, 3.05) is 20.2 Å². The van der Waals surface area contributed by atoms with Crippen molar-refractivity contribution in [3.05, 3.63) is 29.8 Å². The second kappa shape index (κ2) is 5.75. The van der Waals surface area contributed by atoms with Crippen LogP contribution in [0.5, 0.6) is 5.75 Å². The first-order valence-electron chi connectivity index (χ1n) is 6.62. The van der Waals surface area contributed by atoms with E-state index in [0.29, 0.717) is 0 Å². The quantitative estimate of drug-likeness (QED) is 0.860. The fraction of sp³-hybridized carbons (Fsp3) is 0.625. The molecule has 18 heavy (non-hydrogen) atoms. The smallest absolute Gasteiger partial charge is 0.119 e. The van der Waals surface area contributed by atoms with Gasteiger partial charge in [-0.15, -0.1) is 0 Å². The van der Waals surface area contributed by atoms with Gasteiger partial charge in [0.1, 0.15) is 5.75 Å². The maximum absolute atomic E-state index is 5.85. The van der Waals surface area contributed by atoms with Gasteiger partial charge in [-0.05, 0) is 30.2 Å². The van der Waals surface area contributed by atoms with Crippen LogP contribution >= 0.6 is 0 Å². The van der Waals surface area contributed by atoms with E-state index in [-0.39, 0.29) is 10.8 Å². The SMILES string of the molecule is CNCC(C)(C)COc1ccc(C(C)(C)C)cc1. The van der Waals surface area contributed by atoms with Crippen LogP contribution in [0.3, 0.4) is 0 Å². The Morgan fingerprint density at radius 3 is 2.00 bits per heavy atom. The zero-order valence-electron chi connectivity index (χ0n) is 12.6. The van der Waals surface area contributed by atoms with Crippen LogP contribution in [-0.2, 0) is 5.41 Å². The third kappa shape index (κ3) is 4.69. The lowest BCUT2D eigenvalue weighted by atomic mass is 9.87. The molecule has 102 valence electrons. The van der Waals surface area contributed by atoms with E-state index in [9.17, 15) is 0 Å². The Hall–Kier alpha value is -1.02. The summed E-state index contributed by atoms with van der Waals surface area (Å²) in [7, 11) is 1.97. The van der Waals surface area contributed by atoms with Crippen molar-refractivity contribution in [2.24, 2.45) is 5.41 Å². The Morgan fingerprint density at radius 2 is 1.56 bits per heavy atom. The molecule has 2 nitrogen and oxygen atoms in total. The third-order valence-corrected chi connectivity index (χ3v) is 3.01. The molecule has 0 amide bonds. The van der Waals surface area contributed by atoms with Gasteiger partial charge in [-0.2, -0.15) is 0 Å². The number of nitrogens with one attached hydrogen (secondary N) is 1. The van der Waals surface area contributed by atoms with Gasteiger partial charge in [0.15, 0.2) is 0 Å². The van der Waals surface area contributed by atoms with Crippen molar-refractivity contribution in [3.63, 3.8) is 0 Å². The Morgan fingerprint density at radius 1 is 1.00 bits per heavy atom. The predicted molar refractivity (Wildman–Crippen MR) is 78.3 cm³/mol. The average molecular weight is 249 g/mol. The zero-order valence-corrected chi connectivity index (χ0v) is 12.6. The average Bonchev–Trinajstić information content (AvgIpc) is 2.26. The van der Waals surface area contributed by atoms with Gasteiger partial charge in [0.25, 0.3) is 0 Å². The van der Waals surface area contributed by atoms with E-state index in [4.69, 9.17) is 4.74 Å². The highest BCUT2D eigenvalue weighted by molar-refractivity contribution is 5.31. The highest BCUT2D eigenvalue weighted by atomic mass is 16.5. The normalized spacial score (nSPS) is 12.6. The van der Waals surface area contributed by atoms with Gasteiger partial charge >= 0.3 is 0 Å². The minimum atomic E-state index is 0.150. The molecule has 1 aromatic carbocycles. The molecule has 0 saturated carbocycles. The Kier molecular flexibility index (Phi) is 4.80. The highest BCUT2D eigenvalue weighted by Gasteiger charge is 2.18. The first-order valence-corrected chi connectivity index (χ1v) is 6.62. The Bertz CT molecular complexity index is 360. The molecule has 0 saturated heterocycles. The summed E-state index contributed by atoms with van der Waals surface area (Å²) in [6.07, 6.45) is 0. The standard InChI is InChI=1S/C16H27NO/c1-15(2,3)13-7-9-14(10-8-13)18-12-16(4,5)11-17-6/h7-10,17H,11-12H2,1-6H3. The molecule has 1 rings (SSSR count). The first kappa shape index (κ1) is 15.0. The van der Waals surface area contributed by atoms with E-state index in [1.807, 2.05) is 7.05 Å². The lowest BCUT2D eigenvalue weighted by molar-refractivity contribution is 0.179. The molecule has 0 radical (unpaired) electrons. The molecule has 0 aliphatic heterocycles. The van der Waals surface area contributed by atoms with Crippen molar-refractivity contribution in [2.45, 2.75) is 40.0 Å². The number of hydrogen-bond donors (Lipinski definition) is 1. The number of rotatable bonds is 5. The van der Waals surface area contributed by atoms with E-state index in [0.717, 1.165) is 18.9 Å². The summed E-state index contributed by atoms with van der Waals surface area (Å²) < 4.78 is 5.85. The van der Waals surface area contributed by atoms with Gasteiger partial charge in [-0.3, -0.25) is 0 Å². The topological polar surface area (TPSA) is 21.3 Å². The third-order valence-electron chi connectivity index (χ3n) is 3.01. The maximum Gasteiger partial charge on any atom is 0.119 e. The summed E-state index contributed by atoms with van der Waals surface area (Å²) in [6.45, 7) is 12.7. The predicted octanol–water partition coefficient (Wildman–Crippen LogP) is 3.61. The van der Waals surface area contributed by atoms with Crippen LogP contribution < -0.4 is 10.1 Å². The number of ether oxygens (including phenoxy) is 1. The van der Waals surface area contributed by atoms with Gasteiger partial charge in [0.2, 0.25) is 0 Å². The summed E-state index contributed by atoms with van der Waals surface area (Å²) in [5.41, 5.74) is 1.69. The molecule has 0 heterocycles.